The lowest BCUT2D eigenvalue weighted by Gasteiger charge is -2.23. The number of nitriles is 1. The topological polar surface area (TPSA) is 93.8 Å². The standard InChI is InChI=1S/C21H26N6O/c1-14(28)20-25-16-11-24-19-15(5-9-23-19)18(16)27(20)17-12-26(10-4-2-3-8-22)13-21(17)6-7-21/h5,9,11,14,17,28H,2-4,6-7,10,12-13H2,1H3,(H,23,24)/t14-,17-/m1/s1. The van der Waals surface area contributed by atoms with Crippen molar-refractivity contribution in [3.8, 4) is 6.07 Å². The molecule has 2 fully saturated rings. The number of nitrogens with zero attached hydrogens (tertiary/aromatic N) is 5. The molecule has 0 radical (unpaired) electrons. The quantitative estimate of drug-likeness (QED) is 0.642. The van der Waals surface area contributed by atoms with Crippen LogP contribution in [0.5, 0.6) is 0 Å². The van der Waals surface area contributed by atoms with E-state index in [0.29, 0.717) is 17.9 Å². The lowest BCUT2D eigenvalue weighted by atomic mass is 10.00. The van der Waals surface area contributed by atoms with Crippen molar-refractivity contribution < 1.29 is 5.11 Å². The van der Waals surface area contributed by atoms with E-state index in [2.05, 4.69) is 31.6 Å². The molecular weight excluding hydrogens is 352 g/mol. The maximum Gasteiger partial charge on any atom is 0.139 e. The average Bonchev–Trinajstić information content (AvgIpc) is 3.03. The molecule has 7 heteroatoms. The van der Waals surface area contributed by atoms with E-state index in [1.54, 1.807) is 6.92 Å². The van der Waals surface area contributed by atoms with Gasteiger partial charge in [-0.1, -0.05) is 0 Å². The van der Waals surface area contributed by atoms with Crippen molar-refractivity contribution in [2.75, 3.05) is 19.6 Å². The summed E-state index contributed by atoms with van der Waals surface area (Å²) in [5.74, 6) is 0.744. The third kappa shape index (κ3) is 2.71. The smallest absolute Gasteiger partial charge is 0.139 e. The van der Waals surface area contributed by atoms with Crippen LogP contribution in [0.25, 0.3) is 22.1 Å². The van der Waals surface area contributed by atoms with Gasteiger partial charge >= 0.3 is 0 Å². The summed E-state index contributed by atoms with van der Waals surface area (Å²) < 4.78 is 2.32. The molecule has 5 rings (SSSR count). The minimum atomic E-state index is -0.623. The molecule has 1 saturated heterocycles. The number of imidazole rings is 1. The first-order chi connectivity index (χ1) is 13.6. The first kappa shape index (κ1) is 17.7. The predicted octanol–water partition coefficient (Wildman–Crippen LogP) is 3.30. The number of fused-ring (bicyclic) bond motifs is 3. The molecule has 7 nitrogen and oxygen atoms in total. The summed E-state index contributed by atoms with van der Waals surface area (Å²) in [6.45, 7) is 4.92. The number of unbranched alkanes of at least 4 members (excludes halogenated alkanes) is 2. The van der Waals surface area contributed by atoms with Crippen LogP contribution in [-0.2, 0) is 0 Å². The normalized spacial score (nSPS) is 22.2. The van der Waals surface area contributed by atoms with Gasteiger partial charge in [-0.25, -0.2) is 9.97 Å². The van der Waals surface area contributed by atoms with Crippen LogP contribution in [0.2, 0.25) is 0 Å². The van der Waals surface area contributed by atoms with Gasteiger partial charge in [0.1, 0.15) is 23.1 Å². The van der Waals surface area contributed by atoms with Gasteiger partial charge in [0.15, 0.2) is 0 Å². The SMILES string of the molecule is C[C@@H](O)c1nc2cnc3[nH]ccc3c2n1[C@@H]1CN(CCCCC#N)CC12CC2. The lowest BCUT2D eigenvalue weighted by Crippen LogP contribution is -2.23. The van der Waals surface area contributed by atoms with Gasteiger partial charge < -0.3 is 19.6 Å². The predicted molar refractivity (Wildman–Crippen MR) is 107 cm³/mol. The first-order valence-corrected chi connectivity index (χ1v) is 10.2. The number of likely N-dealkylation sites (tertiary alicyclic amines) is 1. The summed E-state index contributed by atoms with van der Waals surface area (Å²) in [7, 11) is 0. The summed E-state index contributed by atoms with van der Waals surface area (Å²) in [5.41, 5.74) is 3.09. The Morgan fingerprint density at radius 1 is 1.43 bits per heavy atom. The molecular formula is C21H26N6O. The average molecular weight is 378 g/mol. The number of hydrogen-bond acceptors (Lipinski definition) is 5. The van der Waals surface area contributed by atoms with E-state index in [9.17, 15) is 5.11 Å². The second-order valence-electron chi connectivity index (χ2n) is 8.48. The molecule has 4 heterocycles. The number of pyridine rings is 1. The van der Waals surface area contributed by atoms with Gasteiger partial charge in [-0.15, -0.1) is 0 Å². The monoisotopic (exact) mass is 378 g/mol. The van der Waals surface area contributed by atoms with Crippen molar-refractivity contribution in [2.45, 2.75) is 51.2 Å². The zero-order valence-corrected chi connectivity index (χ0v) is 16.2. The van der Waals surface area contributed by atoms with Gasteiger partial charge in [0.05, 0.1) is 23.8 Å². The Labute approximate surface area is 164 Å². The first-order valence-electron chi connectivity index (χ1n) is 10.2. The number of aromatic nitrogens is 4. The molecule has 0 amide bonds. The van der Waals surface area contributed by atoms with E-state index in [1.165, 1.54) is 12.8 Å². The molecule has 1 aliphatic heterocycles. The number of rotatable bonds is 6. The minimum absolute atomic E-state index is 0.290. The Kier molecular flexibility index (Phi) is 4.14. The highest BCUT2D eigenvalue weighted by Crippen LogP contribution is 2.59. The molecule has 3 aromatic rings. The summed E-state index contributed by atoms with van der Waals surface area (Å²) >= 11 is 0. The van der Waals surface area contributed by atoms with Gasteiger partial charge in [-0.05, 0) is 45.2 Å². The number of H-pyrrole nitrogens is 1. The summed E-state index contributed by atoms with van der Waals surface area (Å²) in [6.07, 6.45) is 8.23. The fraction of sp³-hybridized carbons (Fsp3) is 0.571. The third-order valence-electron chi connectivity index (χ3n) is 6.53. The van der Waals surface area contributed by atoms with Crippen molar-refractivity contribution in [3.05, 3.63) is 24.3 Å². The molecule has 2 aliphatic rings. The molecule has 1 aliphatic carbocycles. The van der Waals surface area contributed by atoms with Gasteiger partial charge in [0.2, 0.25) is 0 Å². The molecule has 0 bridgehead atoms. The highest BCUT2D eigenvalue weighted by Gasteiger charge is 2.56. The van der Waals surface area contributed by atoms with E-state index in [1.807, 2.05) is 12.4 Å². The fourth-order valence-electron chi connectivity index (χ4n) is 4.99. The Balaban J connectivity index is 1.55. The Hall–Kier alpha value is -2.43. The molecule has 2 N–H and O–H groups in total. The van der Waals surface area contributed by atoms with E-state index in [4.69, 9.17) is 10.2 Å². The number of hydrogen-bond donors (Lipinski definition) is 2. The van der Waals surface area contributed by atoms with Crippen LogP contribution in [0.1, 0.15) is 57.0 Å². The molecule has 1 saturated carbocycles. The highest BCUT2D eigenvalue weighted by molar-refractivity contribution is 6.01. The number of aromatic amines is 1. The van der Waals surface area contributed by atoms with Crippen LogP contribution in [0.3, 0.4) is 0 Å². The molecule has 2 atom stereocenters. The van der Waals surface area contributed by atoms with E-state index in [0.717, 1.165) is 60.4 Å². The summed E-state index contributed by atoms with van der Waals surface area (Å²) in [4.78, 5) is 15.0. The van der Waals surface area contributed by atoms with Gasteiger partial charge in [-0.3, -0.25) is 0 Å². The molecule has 0 unspecified atom stereocenters. The van der Waals surface area contributed by atoms with E-state index < -0.39 is 6.10 Å². The van der Waals surface area contributed by atoms with Crippen molar-refractivity contribution in [3.63, 3.8) is 0 Å². The summed E-state index contributed by atoms with van der Waals surface area (Å²) in [5, 5.41) is 20.3. The Morgan fingerprint density at radius 2 is 2.29 bits per heavy atom. The Bertz CT molecular complexity index is 1050. The second kappa shape index (κ2) is 6.57. The maximum absolute atomic E-state index is 10.5. The molecule has 1 spiro atoms. The largest absolute Gasteiger partial charge is 0.385 e. The van der Waals surface area contributed by atoms with Gasteiger partial charge in [0.25, 0.3) is 0 Å². The summed E-state index contributed by atoms with van der Waals surface area (Å²) in [6, 6.07) is 4.62. The zero-order chi connectivity index (χ0) is 19.3. The number of aliphatic hydroxyl groups excluding tert-OH is 1. The van der Waals surface area contributed by atoms with Crippen LogP contribution in [0, 0.1) is 16.7 Å². The third-order valence-corrected chi connectivity index (χ3v) is 6.53. The fourth-order valence-corrected chi connectivity index (χ4v) is 4.99. The van der Waals surface area contributed by atoms with Crippen LogP contribution in [0.4, 0.5) is 0 Å². The molecule has 3 aromatic heterocycles. The van der Waals surface area contributed by atoms with Gasteiger partial charge in [-0.2, -0.15) is 5.26 Å². The number of aliphatic hydroxyl groups is 1. The van der Waals surface area contributed by atoms with Crippen molar-refractivity contribution in [1.82, 2.24) is 24.4 Å². The molecule has 28 heavy (non-hydrogen) atoms. The Morgan fingerprint density at radius 3 is 3.04 bits per heavy atom. The van der Waals surface area contributed by atoms with Crippen LogP contribution < -0.4 is 0 Å². The van der Waals surface area contributed by atoms with Crippen LogP contribution in [0.15, 0.2) is 18.5 Å². The maximum atomic E-state index is 10.5. The second-order valence-corrected chi connectivity index (χ2v) is 8.48. The highest BCUT2D eigenvalue weighted by atomic mass is 16.3. The van der Waals surface area contributed by atoms with Gasteiger partial charge in [0, 0.05) is 36.5 Å². The molecule has 146 valence electrons. The van der Waals surface area contributed by atoms with Crippen molar-refractivity contribution in [1.29, 1.82) is 5.26 Å². The zero-order valence-electron chi connectivity index (χ0n) is 16.2. The van der Waals surface area contributed by atoms with Crippen molar-refractivity contribution >= 4 is 22.1 Å². The number of nitrogens with one attached hydrogen (secondary N) is 1. The minimum Gasteiger partial charge on any atom is -0.385 e. The molecule has 0 aromatic carbocycles. The lowest BCUT2D eigenvalue weighted by molar-refractivity contribution is 0.178. The van der Waals surface area contributed by atoms with Crippen LogP contribution in [-0.4, -0.2) is 49.2 Å². The van der Waals surface area contributed by atoms with E-state index in [-0.39, 0.29) is 0 Å². The van der Waals surface area contributed by atoms with E-state index >= 15 is 0 Å². The van der Waals surface area contributed by atoms with Crippen molar-refractivity contribution in [2.24, 2.45) is 5.41 Å². The van der Waals surface area contributed by atoms with Crippen LogP contribution >= 0.6 is 0 Å².